The summed E-state index contributed by atoms with van der Waals surface area (Å²) in [5.74, 6) is 0.758. The Hall–Kier alpha value is -1.35. The number of aryl methyl sites for hydroxylation is 2. The maximum Gasteiger partial charge on any atom is 0.196 e. The van der Waals surface area contributed by atoms with Crippen LogP contribution in [0.15, 0.2) is 35.7 Å². The second-order valence-electron chi connectivity index (χ2n) is 3.62. The van der Waals surface area contributed by atoms with Gasteiger partial charge in [0.1, 0.15) is 5.82 Å². The molecule has 4 heteroatoms. The lowest BCUT2D eigenvalue weighted by molar-refractivity contribution is -0.110. The predicted octanol–water partition coefficient (Wildman–Crippen LogP) is 2.62. The molecule has 1 rings (SSSR count). The van der Waals surface area contributed by atoms with Crippen molar-refractivity contribution in [3.63, 3.8) is 0 Å². The molecule has 0 radical (unpaired) electrons. The fourth-order valence-corrected chi connectivity index (χ4v) is 1.52. The molecule has 0 aliphatic rings. The highest BCUT2D eigenvalue weighted by molar-refractivity contribution is 6.44. The van der Waals surface area contributed by atoms with E-state index in [1.54, 1.807) is 6.20 Å². The van der Waals surface area contributed by atoms with Gasteiger partial charge >= 0.3 is 0 Å². The van der Waals surface area contributed by atoms with E-state index in [1.165, 1.54) is 6.08 Å². The first-order valence-electron chi connectivity index (χ1n) is 5.04. The average molecular weight is 239 g/mol. The molecule has 3 nitrogen and oxygen atoms in total. The summed E-state index contributed by atoms with van der Waals surface area (Å²) in [5, 5.41) is 0.268. The van der Waals surface area contributed by atoms with Crippen molar-refractivity contribution in [3.05, 3.63) is 41.5 Å². The number of hydrogen-bond donors (Lipinski definition) is 0. The zero-order chi connectivity index (χ0) is 12.1. The highest BCUT2D eigenvalue weighted by Gasteiger charge is 2.07. The second-order valence-corrected chi connectivity index (χ2v) is 4.00. The minimum atomic E-state index is -0.223. The maximum absolute atomic E-state index is 11.3. The molecular formula is C12H15ClN2O. The van der Waals surface area contributed by atoms with Gasteiger partial charge < -0.3 is 4.57 Å². The molecule has 0 aliphatic heterocycles. The lowest BCUT2D eigenvalue weighted by Gasteiger charge is -2.04. The molecule has 1 aromatic heterocycles. The molecule has 0 aromatic carbocycles. The second kappa shape index (κ2) is 5.66. The van der Waals surface area contributed by atoms with Crippen molar-refractivity contribution < 1.29 is 4.79 Å². The Bertz CT molecular complexity index is 432. The Balaban J connectivity index is 2.65. The molecule has 0 bridgehead atoms. The van der Waals surface area contributed by atoms with Gasteiger partial charge in [0.25, 0.3) is 0 Å². The van der Waals surface area contributed by atoms with Crippen molar-refractivity contribution in [2.75, 3.05) is 0 Å². The van der Waals surface area contributed by atoms with Crippen LogP contribution in [0.25, 0.3) is 0 Å². The van der Waals surface area contributed by atoms with Crippen LogP contribution in [-0.4, -0.2) is 15.3 Å². The number of allylic oxidation sites excluding steroid dienone is 3. The standard InChI is InChI=1S/C12H15ClN2O/c1-4-10(16)12(13)9(2)5-6-11-14-7-8-15(11)3/h4,7-8H,1,5-6H2,2-3H3/b12-9-. The molecule has 1 heterocycles. The Morgan fingerprint density at radius 3 is 2.88 bits per heavy atom. The van der Waals surface area contributed by atoms with Gasteiger partial charge in [-0.3, -0.25) is 4.79 Å². The number of imidazole rings is 1. The number of halogens is 1. The van der Waals surface area contributed by atoms with Crippen molar-refractivity contribution in [1.29, 1.82) is 0 Å². The van der Waals surface area contributed by atoms with Crippen molar-refractivity contribution in [1.82, 2.24) is 9.55 Å². The van der Waals surface area contributed by atoms with Crippen LogP contribution in [0, 0.1) is 0 Å². The smallest absolute Gasteiger partial charge is 0.196 e. The number of ketones is 1. The molecule has 0 fully saturated rings. The lowest BCUT2D eigenvalue weighted by atomic mass is 10.1. The van der Waals surface area contributed by atoms with E-state index in [4.69, 9.17) is 11.6 Å². The van der Waals surface area contributed by atoms with Gasteiger partial charge in [-0.1, -0.05) is 23.8 Å². The zero-order valence-corrected chi connectivity index (χ0v) is 10.3. The van der Waals surface area contributed by atoms with Gasteiger partial charge in [0, 0.05) is 25.9 Å². The summed E-state index contributed by atoms with van der Waals surface area (Å²) in [4.78, 5) is 15.5. The zero-order valence-electron chi connectivity index (χ0n) is 9.53. The Morgan fingerprint density at radius 1 is 1.69 bits per heavy atom. The summed E-state index contributed by atoms with van der Waals surface area (Å²) in [7, 11) is 1.94. The monoisotopic (exact) mass is 238 g/mol. The van der Waals surface area contributed by atoms with Crippen LogP contribution < -0.4 is 0 Å². The summed E-state index contributed by atoms with van der Waals surface area (Å²) in [6.07, 6.45) is 6.38. The Labute approximate surface area is 100 Å². The number of carbonyl (C=O) groups excluding carboxylic acids is 1. The summed E-state index contributed by atoms with van der Waals surface area (Å²) < 4.78 is 1.95. The topological polar surface area (TPSA) is 34.9 Å². The Morgan fingerprint density at radius 2 is 2.38 bits per heavy atom. The van der Waals surface area contributed by atoms with Crippen LogP contribution in [0.3, 0.4) is 0 Å². The number of carbonyl (C=O) groups is 1. The van der Waals surface area contributed by atoms with Crippen LogP contribution in [-0.2, 0) is 18.3 Å². The first-order chi connectivity index (χ1) is 7.56. The minimum Gasteiger partial charge on any atom is -0.338 e. The SMILES string of the molecule is C=CC(=O)/C(Cl)=C(\C)CCc1nccn1C. The van der Waals surface area contributed by atoms with E-state index >= 15 is 0 Å². The van der Waals surface area contributed by atoms with Gasteiger partial charge in [-0.05, 0) is 19.4 Å². The summed E-state index contributed by atoms with van der Waals surface area (Å²) in [5.41, 5.74) is 0.870. The van der Waals surface area contributed by atoms with Crippen molar-refractivity contribution in [2.45, 2.75) is 19.8 Å². The first kappa shape index (κ1) is 12.7. The van der Waals surface area contributed by atoms with Crippen LogP contribution in [0.2, 0.25) is 0 Å². The highest BCUT2D eigenvalue weighted by atomic mass is 35.5. The largest absolute Gasteiger partial charge is 0.338 e. The maximum atomic E-state index is 11.3. The van der Waals surface area contributed by atoms with Gasteiger partial charge in [0.05, 0.1) is 5.03 Å². The number of nitrogens with zero attached hydrogens (tertiary/aromatic N) is 2. The van der Waals surface area contributed by atoms with E-state index in [2.05, 4.69) is 11.6 Å². The average Bonchev–Trinajstić information content (AvgIpc) is 2.69. The molecule has 0 N–H and O–H groups in total. The van der Waals surface area contributed by atoms with Crippen molar-refractivity contribution >= 4 is 17.4 Å². The van der Waals surface area contributed by atoms with Crippen LogP contribution in [0.4, 0.5) is 0 Å². The van der Waals surface area contributed by atoms with Gasteiger partial charge in [-0.15, -0.1) is 0 Å². The van der Waals surface area contributed by atoms with Crippen LogP contribution in [0.5, 0.6) is 0 Å². The quantitative estimate of drug-likeness (QED) is 0.740. The normalized spacial score (nSPS) is 12.2. The molecule has 0 saturated heterocycles. The van der Waals surface area contributed by atoms with Crippen LogP contribution >= 0.6 is 11.6 Å². The molecule has 0 aliphatic carbocycles. The summed E-state index contributed by atoms with van der Waals surface area (Å²) in [6, 6.07) is 0. The van der Waals surface area contributed by atoms with Crippen molar-refractivity contribution in [2.24, 2.45) is 7.05 Å². The van der Waals surface area contributed by atoms with E-state index in [9.17, 15) is 4.79 Å². The summed E-state index contributed by atoms with van der Waals surface area (Å²) in [6.45, 7) is 5.26. The third-order valence-corrected chi connectivity index (χ3v) is 2.93. The third-order valence-electron chi connectivity index (χ3n) is 2.42. The molecule has 0 spiro atoms. The number of aromatic nitrogens is 2. The molecule has 16 heavy (non-hydrogen) atoms. The molecule has 0 unspecified atom stereocenters. The number of hydrogen-bond acceptors (Lipinski definition) is 2. The molecule has 1 aromatic rings. The fourth-order valence-electron chi connectivity index (χ4n) is 1.35. The van der Waals surface area contributed by atoms with E-state index in [1.807, 2.05) is 24.7 Å². The van der Waals surface area contributed by atoms with E-state index in [0.29, 0.717) is 0 Å². The minimum absolute atomic E-state index is 0.223. The highest BCUT2D eigenvalue weighted by Crippen LogP contribution is 2.16. The van der Waals surface area contributed by atoms with Gasteiger partial charge in [-0.25, -0.2) is 4.98 Å². The molecule has 0 amide bonds. The number of rotatable bonds is 5. The van der Waals surface area contributed by atoms with Gasteiger partial charge in [-0.2, -0.15) is 0 Å². The third kappa shape index (κ3) is 3.07. The van der Waals surface area contributed by atoms with Crippen LogP contribution in [0.1, 0.15) is 19.2 Å². The molecule has 0 atom stereocenters. The van der Waals surface area contributed by atoms with E-state index in [0.717, 1.165) is 24.2 Å². The summed E-state index contributed by atoms with van der Waals surface area (Å²) >= 11 is 5.89. The van der Waals surface area contributed by atoms with Crippen molar-refractivity contribution in [3.8, 4) is 0 Å². The predicted molar refractivity (Wildman–Crippen MR) is 65.3 cm³/mol. The Kier molecular flexibility index (Phi) is 4.50. The van der Waals surface area contributed by atoms with Gasteiger partial charge in [0.2, 0.25) is 0 Å². The fraction of sp³-hybridized carbons (Fsp3) is 0.333. The molecular weight excluding hydrogens is 224 g/mol. The van der Waals surface area contributed by atoms with E-state index in [-0.39, 0.29) is 10.8 Å². The first-order valence-corrected chi connectivity index (χ1v) is 5.42. The van der Waals surface area contributed by atoms with Gasteiger partial charge in [0.15, 0.2) is 5.78 Å². The van der Waals surface area contributed by atoms with E-state index < -0.39 is 0 Å². The lowest BCUT2D eigenvalue weighted by Crippen LogP contribution is -2.00. The molecule has 0 saturated carbocycles. The molecule has 86 valence electrons.